The van der Waals surface area contributed by atoms with Crippen LogP contribution in [-0.2, 0) is 9.84 Å². The van der Waals surface area contributed by atoms with Gasteiger partial charge in [-0.25, -0.2) is 8.42 Å². The summed E-state index contributed by atoms with van der Waals surface area (Å²) in [6.07, 6.45) is -0.0841. The molecule has 0 aliphatic carbocycles. The van der Waals surface area contributed by atoms with Gasteiger partial charge in [-0.2, -0.15) is 0 Å². The fourth-order valence-electron chi connectivity index (χ4n) is 1.68. The molecule has 0 radical (unpaired) electrons. The lowest BCUT2D eigenvalue weighted by molar-refractivity contribution is 0.206. The third kappa shape index (κ3) is 8.32. The van der Waals surface area contributed by atoms with Crippen molar-refractivity contribution in [2.45, 2.75) is 43.5 Å². The number of aliphatic hydroxyl groups excluding tert-OH is 1. The van der Waals surface area contributed by atoms with E-state index in [1.165, 1.54) is 0 Å². The number of thiophene rings is 1. The molecule has 0 spiro atoms. The van der Waals surface area contributed by atoms with Crippen LogP contribution in [0.4, 0.5) is 0 Å². The third-order valence-electron chi connectivity index (χ3n) is 3.01. The van der Waals surface area contributed by atoms with E-state index in [0.29, 0.717) is 12.5 Å². The molecule has 1 rings (SSSR count). The minimum absolute atomic E-state index is 0. The van der Waals surface area contributed by atoms with Gasteiger partial charge in [0.1, 0.15) is 4.21 Å². The fourth-order valence-corrected chi connectivity index (χ4v) is 4.15. The van der Waals surface area contributed by atoms with Gasteiger partial charge in [0.25, 0.3) is 0 Å². The molecule has 0 aromatic carbocycles. The monoisotopic (exact) mass is 475 g/mol. The van der Waals surface area contributed by atoms with Crippen molar-refractivity contribution < 1.29 is 13.5 Å². The first-order valence-corrected chi connectivity index (χ1v) is 9.91. The molecule has 0 bridgehead atoms. The maximum atomic E-state index is 12.1. The van der Waals surface area contributed by atoms with Crippen LogP contribution in [0.3, 0.4) is 0 Å². The van der Waals surface area contributed by atoms with Crippen LogP contribution in [0.25, 0.3) is 0 Å². The molecule has 1 aromatic heterocycles. The molecule has 134 valence electrons. The van der Waals surface area contributed by atoms with Gasteiger partial charge in [0, 0.05) is 12.6 Å². The van der Waals surface area contributed by atoms with Crippen LogP contribution in [0.1, 0.15) is 27.2 Å². The summed E-state index contributed by atoms with van der Waals surface area (Å²) in [6.45, 7) is 6.78. The van der Waals surface area contributed by atoms with E-state index < -0.39 is 15.9 Å². The van der Waals surface area contributed by atoms with E-state index in [0.717, 1.165) is 17.8 Å². The maximum Gasteiger partial charge on any atom is 0.191 e. The Morgan fingerprint density at radius 3 is 2.65 bits per heavy atom. The number of guanidine groups is 1. The van der Waals surface area contributed by atoms with Crippen LogP contribution in [0.5, 0.6) is 0 Å². The Balaban J connectivity index is 0.00000484. The normalized spacial score (nSPS) is 14.7. The van der Waals surface area contributed by atoms with Crippen molar-refractivity contribution in [1.82, 2.24) is 10.6 Å². The molecule has 6 nitrogen and oxygen atoms in total. The third-order valence-corrected chi connectivity index (χ3v) is 6.30. The number of sulfone groups is 1. The summed E-state index contributed by atoms with van der Waals surface area (Å²) in [5, 5.41) is 17.9. The second-order valence-corrected chi connectivity index (χ2v) is 8.25. The second kappa shape index (κ2) is 11.2. The van der Waals surface area contributed by atoms with E-state index in [1.54, 1.807) is 17.5 Å². The summed E-state index contributed by atoms with van der Waals surface area (Å²) in [7, 11) is -3.45. The zero-order chi connectivity index (χ0) is 16.6. The van der Waals surface area contributed by atoms with Gasteiger partial charge in [-0.05, 0) is 31.7 Å². The number of halogens is 1. The summed E-state index contributed by atoms with van der Waals surface area (Å²) in [6, 6.07) is 3.48. The number of hydrogen-bond acceptors (Lipinski definition) is 5. The Morgan fingerprint density at radius 2 is 2.13 bits per heavy atom. The Kier molecular flexibility index (Phi) is 11.0. The van der Waals surface area contributed by atoms with E-state index in [2.05, 4.69) is 22.5 Å². The van der Waals surface area contributed by atoms with E-state index >= 15 is 0 Å². The van der Waals surface area contributed by atoms with Crippen LogP contribution in [-0.4, -0.2) is 50.5 Å². The molecule has 0 fully saturated rings. The molecule has 0 saturated heterocycles. The van der Waals surface area contributed by atoms with E-state index in [4.69, 9.17) is 0 Å². The second-order valence-electron chi connectivity index (χ2n) is 5.04. The molecule has 23 heavy (non-hydrogen) atoms. The Labute approximate surface area is 159 Å². The van der Waals surface area contributed by atoms with Crippen LogP contribution in [0.15, 0.2) is 26.7 Å². The van der Waals surface area contributed by atoms with Gasteiger partial charge >= 0.3 is 0 Å². The van der Waals surface area contributed by atoms with Gasteiger partial charge in [0.15, 0.2) is 15.8 Å². The van der Waals surface area contributed by atoms with Crippen molar-refractivity contribution in [2.24, 2.45) is 4.99 Å². The first-order chi connectivity index (χ1) is 10.4. The molecule has 1 aromatic rings. The maximum absolute atomic E-state index is 12.1. The first kappa shape index (κ1) is 22.6. The lowest BCUT2D eigenvalue weighted by Crippen LogP contribution is -2.42. The lowest BCUT2D eigenvalue weighted by atomic mass is 10.3. The van der Waals surface area contributed by atoms with Gasteiger partial charge in [0.2, 0.25) is 0 Å². The topological polar surface area (TPSA) is 90.8 Å². The van der Waals surface area contributed by atoms with Crippen LogP contribution in [0, 0.1) is 0 Å². The Morgan fingerprint density at radius 1 is 1.43 bits per heavy atom. The smallest absolute Gasteiger partial charge is 0.191 e. The van der Waals surface area contributed by atoms with Crippen molar-refractivity contribution in [3.8, 4) is 0 Å². The summed E-state index contributed by atoms with van der Waals surface area (Å²) < 4.78 is 24.4. The van der Waals surface area contributed by atoms with Crippen molar-refractivity contribution >= 4 is 51.1 Å². The predicted octanol–water partition coefficient (Wildman–Crippen LogP) is 1.85. The first-order valence-electron chi connectivity index (χ1n) is 7.38. The van der Waals surface area contributed by atoms with E-state index in [-0.39, 0.29) is 46.5 Å². The van der Waals surface area contributed by atoms with Crippen molar-refractivity contribution in [2.75, 3.05) is 18.8 Å². The largest absolute Gasteiger partial charge is 0.390 e. The molecule has 0 saturated carbocycles. The van der Waals surface area contributed by atoms with Gasteiger partial charge in [-0.3, -0.25) is 4.99 Å². The fraction of sp³-hybridized carbons (Fsp3) is 0.643. The highest BCUT2D eigenvalue weighted by atomic mass is 127. The predicted molar refractivity (Wildman–Crippen MR) is 107 cm³/mol. The summed E-state index contributed by atoms with van der Waals surface area (Å²) in [5.41, 5.74) is 0. The molecule has 1 heterocycles. The molecule has 2 unspecified atom stereocenters. The highest BCUT2D eigenvalue weighted by Crippen LogP contribution is 2.18. The van der Waals surface area contributed by atoms with Crippen LogP contribution >= 0.6 is 35.3 Å². The number of aliphatic hydroxyl groups is 1. The zero-order valence-electron chi connectivity index (χ0n) is 13.7. The number of aliphatic imine (C=N–C) groups is 1. The standard InChI is InChI=1S/C14H25N3O3S2.HI/c1-4-11(3)17-14(15-5-2)16-9-12(18)10-22(19,20)13-7-6-8-21-13;/h6-8,11-12,18H,4-5,9-10H2,1-3H3,(H2,15,16,17);1H. The Bertz CT molecular complexity index is 562. The summed E-state index contributed by atoms with van der Waals surface area (Å²) >= 11 is 1.16. The quantitative estimate of drug-likeness (QED) is 0.303. The molecule has 0 amide bonds. The van der Waals surface area contributed by atoms with Gasteiger partial charge in [-0.15, -0.1) is 35.3 Å². The number of hydrogen-bond donors (Lipinski definition) is 3. The number of nitrogens with zero attached hydrogens (tertiary/aromatic N) is 1. The van der Waals surface area contributed by atoms with E-state index in [1.807, 2.05) is 13.8 Å². The minimum atomic E-state index is -3.45. The number of nitrogens with one attached hydrogen (secondary N) is 2. The average molecular weight is 475 g/mol. The SMILES string of the molecule is CCNC(=NCC(O)CS(=O)(=O)c1cccs1)NC(C)CC.I. The van der Waals surface area contributed by atoms with Crippen molar-refractivity contribution in [3.63, 3.8) is 0 Å². The summed E-state index contributed by atoms with van der Waals surface area (Å²) in [4.78, 5) is 4.25. The molecule has 3 N–H and O–H groups in total. The minimum Gasteiger partial charge on any atom is -0.390 e. The molecule has 9 heteroatoms. The molecular formula is C14H26IN3O3S2. The van der Waals surface area contributed by atoms with Gasteiger partial charge < -0.3 is 15.7 Å². The number of rotatable bonds is 8. The molecule has 0 aliphatic rings. The highest BCUT2D eigenvalue weighted by molar-refractivity contribution is 14.0. The molecule has 2 atom stereocenters. The van der Waals surface area contributed by atoms with Gasteiger partial charge in [-0.1, -0.05) is 13.0 Å². The Hall–Kier alpha value is -0.390. The van der Waals surface area contributed by atoms with E-state index in [9.17, 15) is 13.5 Å². The lowest BCUT2D eigenvalue weighted by Gasteiger charge is -2.17. The molecule has 0 aliphatic heterocycles. The van der Waals surface area contributed by atoms with Crippen LogP contribution in [0.2, 0.25) is 0 Å². The average Bonchev–Trinajstić information content (AvgIpc) is 2.99. The van der Waals surface area contributed by atoms with Crippen molar-refractivity contribution in [3.05, 3.63) is 17.5 Å². The zero-order valence-corrected chi connectivity index (χ0v) is 17.6. The summed E-state index contributed by atoms with van der Waals surface area (Å²) in [5.74, 6) is 0.268. The van der Waals surface area contributed by atoms with Crippen LogP contribution < -0.4 is 10.6 Å². The highest BCUT2D eigenvalue weighted by Gasteiger charge is 2.20. The molecular weight excluding hydrogens is 449 g/mol. The van der Waals surface area contributed by atoms with Gasteiger partial charge in [0.05, 0.1) is 18.4 Å². The van der Waals surface area contributed by atoms with Crippen molar-refractivity contribution in [1.29, 1.82) is 0 Å².